The number of para-hydroxylation sites is 1. The van der Waals surface area contributed by atoms with Crippen molar-refractivity contribution in [3.63, 3.8) is 0 Å². The highest BCUT2D eigenvalue weighted by Crippen LogP contribution is 2.37. The second kappa shape index (κ2) is 9.73. The third kappa shape index (κ3) is 4.94. The number of hydrogen-bond donors (Lipinski definition) is 1. The third-order valence-electron chi connectivity index (χ3n) is 5.82. The summed E-state index contributed by atoms with van der Waals surface area (Å²) in [5, 5.41) is 15.4. The van der Waals surface area contributed by atoms with Crippen LogP contribution < -0.4 is 9.47 Å². The van der Waals surface area contributed by atoms with Gasteiger partial charge in [-0.3, -0.25) is 9.89 Å². The van der Waals surface area contributed by atoms with E-state index in [-0.39, 0.29) is 27.9 Å². The molecule has 0 saturated carbocycles. The van der Waals surface area contributed by atoms with Crippen LogP contribution in [0.4, 0.5) is 13.2 Å². The van der Waals surface area contributed by atoms with E-state index in [0.717, 1.165) is 0 Å². The number of rotatable bonds is 6. The van der Waals surface area contributed by atoms with Gasteiger partial charge in [-0.25, -0.2) is 4.98 Å². The van der Waals surface area contributed by atoms with Crippen LogP contribution in [-0.4, -0.2) is 61.0 Å². The van der Waals surface area contributed by atoms with Crippen molar-refractivity contribution >= 4 is 17.5 Å². The van der Waals surface area contributed by atoms with Gasteiger partial charge in [0.15, 0.2) is 5.82 Å². The van der Waals surface area contributed by atoms with Crippen LogP contribution in [0.25, 0.3) is 17.1 Å². The van der Waals surface area contributed by atoms with Crippen molar-refractivity contribution in [3.05, 3.63) is 65.2 Å². The fraction of sp³-hybridized carbons (Fsp3) is 0.261. The number of likely N-dealkylation sites (tertiary alicyclic amines) is 1. The average molecular weight is 534 g/mol. The van der Waals surface area contributed by atoms with Crippen molar-refractivity contribution in [2.24, 2.45) is 0 Å². The predicted molar refractivity (Wildman–Crippen MR) is 124 cm³/mol. The Morgan fingerprint density at radius 2 is 1.92 bits per heavy atom. The molecule has 0 unspecified atom stereocenters. The summed E-state index contributed by atoms with van der Waals surface area (Å²) >= 11 is 6.30. The third-order valence-corrected chi connectivity index (χ3v) is 6.12. The SMILES string of the molecule is COc1cc(C(=O)N2CCC[C@H]2c2nc(-c3ccccc3OC(F)(F)F)n[nH]2)c(-n2nccn2)cc1Cl. The minimum Gasteiger partial charge on any atom is -0.495 e. The van der Waals surface area contributed by atoms with Crippen LogP contribution in [0.3, 0.4) is 0 Å². The molecule has 1 fully saturated rings. The van der Waals surface area contributed by atoms with E-state index in [1.54, 1.807) is 17.0 Å². The molecule has 37 heavy (non-hydrogen) atoms. The van der Waals surface area contributed by atoms with E-state index in [1.807, 2.05) is 0 Å². The Bertz CT molecular complexity index is 1430. The molecule has 1 aliphatic heterocycles. The van der Waals surface area contributed by atoms with Crippen LogP contribution in [0.5, 0.6) is 11.5 Å². The zero-order chi connectivity index (χ0) is 26.2. The number of aromatic amines is 1. The van der Waals surface area contributed by atoms with Crippen LogP contribution >= 0.6 is 11.6 Å². The monoisotopic (exact) mass is 533 g/mol. The molecule has 1 saturated heterocycles. The van der Waals surface area contributed by atoms with Gasteiger partial charge in [0.25, 0.3) is 5.91 Å². The highest BCUT2D eigenvalue weighted by molar-refractivity contribution is 6.32. The second-order valence-electron chi connectivity index (χ2n) is 8.07. The van der Waals surface area contributed by atoms with Crippen molar-refractivity contribution in [2.45, 2.75) is 25.2 Å². The Morgan fingerprint density at radius 3 is 2.65 bits per heavy atom. The number of amides is 1. The van der Waals surface area contributed by atoms with Crippen LogP contribution in [0.1, 0.15) is 35.1 Å². The molecule has 192 valence electrons. The number of nitrogens with zero attached hydrogens (tertiary/aromatic N) is 6. The minimum atomic E-state index is -4.87. The van der Waals surface area contributed by atoms with E-state index in [9.17, 15) is 18.0 Å². The van der Waals surface area contributed by atoms with E-state index in [4.69, 9.17) is 16.3 Å². The molecule has 1 amide bonds. The Labute approximate surface area is 213 Å². The van der Waals surface area contributed by atoms with Gasteiger partial charge in [0.2, 0.25) is 0 Å². The number of nitrogens with one attached hydrogen (secondary N) is 1. The number of carbonyl (C=O) groups is 1. The van der Waals surface area contributed by atoms with Gasteiger partial charge in [-0.2, -0.15) is 20.1 Å². The lowest BCUT2D eigenvalue weighted by Crippen LogP contribution is -2.32. The molecule has 0 aliphatic carbocycles. The molecule has 14 heteroatoms. The summed E-state index contributed by atoms with van der Waals surface area (Å²) in [6.07, 6.45) is -0.672. The molecular weight excluding hydrogens is 515 g/mol. The smallest absolute Gasteiger partial charge is 0.495 e. The molecule has 10 nitrogen and oxygen atoms in total. The summed E-state index contributed by atoms with van der Waals surface area (Å²) in [4.78, 5) is 21.1. The Kier molecular flexibility index (Phi) is 6.46. The molecular formula is C23H19ClF3N7O3. The highest BCUT2D eigenvalue weighted by atomic mass is 35.5. The van der Waals surface area contributed by atoms with Crippen molar-refractivity contribution in [1.29, 1.82) is 0 Å². The molecule has 3 heterocycles. The number of ether oxygens (including phenoxy) is 2. The molecule has 1 atom stereocenters. The van der Waals surface area contributed by atoms with Gasteiger partial charge in [0.1, 0.15) is 23.0 Å². The van der Waals surface area contributed by atoms with Crippen molar-refractivity contribution in [3.8, 4) is 28.6 Å². The topological polar surface area (TPSA) is 111 Å². The molecule has 1 N–H and O–H groups in total. The van der Waals surface area contributed by atoms with Crippen molar-refractivity contribution < 1.29 is 27.4 Å². The summed E-state index contributed by atoms with van der Waals surface area (Å²) in [5.41, 5.74) is 0.684. The van der Waals surface area contributed by atoms with E-state index in [2.05, 4.69) is 30.1 Å². The summed E-state index contributed by atoms with van der Waals surface area (Å²) in [5.74, 6) is -0.112. The molecule has 2 aromatic heterocycles. The summed E-state index contributed by atoms with van der Waals surface area (Å²) < 4.78 is 48.0. The van der Waals surface area contributed by atoms with Gasteiger partial charge in [-0.1, -0.05) is 23.7 Å². The maximum Gasteiger partial charge on any atom is 0.573 e. The maximum atomic E-state index is 13.8. The maximum absolute atomic E-state index is 13.8. The lowest BCUT2D eigenvalue weighted by Gasteiger charge is -2.24. The summed E-state index contributed by atoms with van der Waals surface area (Å²) in [6, 6.07) is 8.15. The number of carbonyl (C=O) groups excluding carboxylic acids is 1. The number of benzene rings is 2. The first-order chi connectivity index (χ1) is 17.7. The molecule has 1 aliphatic rings. The number of hydrogen-bond acceptors (Lipinski definition) is 7. The van der Waals surface area contributed by atoms with E-state index in [1.165, 1.54) is 48.6 Å². The molecule has 0 bridgehead atoms. The normalized spacial score (nSPS) is 15.7. The van der Waals surface area contributed by atoms with Crippen LogP contribution in [0.2, 0.25) is 5.02 Å². The first kappa shape index (κ1) is 24.6. The Balaban J connectivity index is 1.48. The van der Waals surface area contributed by atoms with E-state index < -0.39 is 18.2 Å². The second-order valence-corrected chi connectivity index (χ2v) is 8.47. The molecule has 5 rings (SSSR count). The predicted octanol–water partition coefficient (Wildman–Crippen LogP) is 4.59. The number of aromatic nitrogens is 6. The van der Waals surface area contributed by atoms with Crippen LogP contribution in [-0.2, 0) is 0 Å². The Morgan fingerprint density at radius 1 is 1.16 bits per heavy atom. The van der Waals surface area contributed by atoms with Gasteiger partial charge in [0, 0.05) is 6.54 Å². The highest BCUT2D eigenvalue weighted by Gasteiger charge is 2.36. The van der Waals surface area contributed by atoms with Crippen LogP contribution in [0, 0.1) is 0 Å². The van der Waals surface area contributed by atoms with Gasteiger partial charge < -0.3 is 14.4 Å². The lowest BCUT2D eigenvalue weighted by molar-refractivity contribution is -0.274. The van der Waals surface area contributed by atoms with E-state index >= 15 is 0 Å². The number of methoxy groups -OCH3 is 1. The van der Waals surface area contributed by atoms with E-state index in [0.29, 0.717) is 36.6 Å². The van der Waals surface area contributed by atoms with Crippen LogP contribution in [0.15, 0.2) is 48.8 Å². The minimum absolute atomic E-state index is 0.0174. The fourth-order valence-electron chi connectivity index (χ4n) is 4.23. The quantitative estimate of drug-likeness (QED) is 0.386. The number of halogens is 4. The number of H-pyrrole nitrogens is 1. The van der Waals surface area contributed by atoms with Gasteiger partial charge in [-0.15, -0.1) is 13.2 Å². The Hall–Kier alpha value is -4.13. The first-order valence-electron chi connectivity index (χ1n) is 11.1. The zero-order valence-corrected chi connectivity index (χ0v) is 20.0. The summed E-state index contributed by atoms with van der Waals surface area (Å²) in [7, 11) is 1.44. The molecule has 4 aromatic rings. The van der Waals surface area contributed by atoms with Gasteiger partial charge in [0.05, 0.1) is 41.7 Å². The average Bonchev–Trinajstić information content (AvgIpc) is 3.64. The lowest BCUT2D eigenvalue weighted by atomic mass is 10.1. The molecule has 0 spiro atoms. The first-order valence-corrected chi connectivity index (χ1v) is 11.5. The fourth-order valence-corrected chi connectivity index (χ4v) is 4.47. The van der Waals surface area contributed by atoms with Gasteiger partial charge in [-0.05, 0) is 37.1 Å². The van der Waals surface area contributed by atoms with Crippen molar-refractivity contribution in [1.82, 2.24) is 35.1 Å². The summed E-state index contributed by atoms with van der Waals surface area (Å²) in [6.45, 7) is 0.421. The largest absolute Gasteiger partial charge is 0.573 e. The van der Waals surface area contributed by atoms with Crippen molar-refractivity contribution in [2.75, 3.05) is 13.7 Å². The molecule has 0 radical (unpaired) electrons. The standard InChI is InChI=1S/C23H19ClF3N7O3/c1-36-19-11-14(17(12-15(19)24)34-28-8-9-29-34)22(35)33-10-4-6-16(33)21-30-20(31-32-21)13-5-2-3-7-18(13)37-23(25,26)27/h2-3,5,7-9,11-12,16H,4,6,10H2,1H3,(H,30,31,32)/t16-/m0/s1. The van der Waals surface area contributed by atoms with Gasteiger partial charge >= 0.3 is 6.36 Å². The number of alkyl halides is 3. The zero-order valence-electron chi connectivity index (χ0n) is 19.2. The molecule has 2 aromatic carbocycles.